The van der Waals surface area contributed by atoms with Gasteiger partial charge in [-0.2, -0.15) is 0 Å². The van der Waals surface area contributed by atoms with Crippen LogP contribution in [0.4, 0.5) is 0 Å². The predicted octanol–water partition coefficient (Wildman–Crippen LogP) is 11.6. The lowest BCUT2D eigenvalue weighted by Gasteiger charge is -2.41. The normalized spacial score (nSPS) is 22.1. The topological polar surface area (TPSA) is 192 Å². The van der Waals surface area contributed by atoms with Crippen LogP contribution in [-0.4, -0.2) is 98.9 Å². The minimum atomic E-state index is -5.05. The Morgan fingerprint density at radius 2 is 0.868 bits per heavy atom. The van der Waals surface area contributed by atoms with E-state index in [2.05, 4.69) is 123 Å². The summed E-state index contributed by atoms with van der Waals surface area (Å²) < 4.78 is 34.2. The van der Waals surface area contributed by atoms with Gasteiger partial charge in [-0.1, -0.05) is 175 Å². The average molecular weight is 975 g/mol. The zero-order valence-electron chi connectivity index (χ0n) is 41.6. The van der Waals surface area contributed by atoms with Crippen molar-refractivity contribution in [2.24, 2.45) is 0 Å². The second-order valence-electron chi connectivity index (χ2n) is 17.3. The molecule has 12 nitrogen and oxygen atoms in total. The van der Waals surface area contributed by atoms with Crippen molar-refractivity contribution < 1.29 is 58.3 Å². The van der Waals surface area contributed by atoms with Crippen molar-refractivity contribution in [3.05, 3.63) is 109 Å². The highest BCUT2D eigenvalue weighted by atomic mass is 31.2. The molecule has 1 aliphatic carbocycles. The molecular formula is C55H91O12P. The van der Waals surface area contributed by atoms with Crippen LogP contribution in [0.3, 0.4) is 0 Å². The van der Waals surface area contributed by atoms with E-state index in [1.54, 1.807) is 0 Å². The molecule has 0 saturated heterocycles. The van der Waals surface area contributed by atoms with E-state index in [1.807, 2.05) is 0 Å². The fraction of sp³-hybridized carbons (Fsp3) is 0.655. The molecule has 1 saturated carbocycles. The number of hydrogen-bond acceptors (Lipinski definition) is 11. The molecule has 0 aromatic carbocycles. The minimum absolute atomic E-state index is 0.130. The highest BCUT2D eigenvalue weighted by molar-refractivity contribution is 7.47. The monoisotopic (exact) mass is 975 g/mol. The average Bonchev–Trinajstić information content (AvgIpc) is 3.32. The number of carbonyl (C=O) groups is 1. The van der Waals surface area contributed by atoms with Gasteiger partial charge in [-0.05, 0) is 96.3 Å². The lowest BCUT2D eigenvalue weighted by Crippen LogP contribution is -2.64. The Balaban J connectivity index is 2.42. The van der Waals surface area contributed by atoms with E-state index in [9.17, 15) is 39.8 Å². The first-order valence-corrected chi connectivity index (χ1v) is 27.2. The third-order valence-electron chi connectivity index (χ3n) is 11.1. The van der Waals surface area contributed by atoms with Crippen LogP contribution >= 0.6 is 7.82 Å². The van der Waals surface area contributed by atoms with Gasteiger partial charge in [0.15, 0.2) is 0 Å². The van der Waals surface area contributed by atoms with Crippen LogP contribution in [0.25, 0.3) is 0 Å². The summed E-state index contributed by atoms with van der Waals surface area (Å²) in [5.74, 6) is -0.514. The molecule has 13 heteroatoms. The van der Waals surface area contributed by atoms with Crippen LogP contribution in [0, 0.1) is 0 Å². The number of phosphoric ester groups is 1. The molecule has 0 aromatic heterocycles. The molecule has 0 radical (unpaired) electrons. The van der Waals surface area contributed by atoms with Crippen LogP contribution < -0.4 is 0 Å². The SMILES string of the molecule is CC/C=C\C/C=C\C/C=C\C/C=C\C/C=C\C/C=C\CCCOCC(COP(=O)(O)OC1C(O)C(O)C(O)C(O)C1O)OC(=O)CCCCCCCC/C=C\C/C=C\C/C=C\CCCCCCC. The second kappa shape index (κ2) is 44.0. The number of allylic oxidation sites excluding steroid dienone is 18. The maximum atomic E-state index is 12.9. The third kappa shape index (κ3) is 35.2. The number of aliphatic hydroxyl groups excluding tert-OH is 5. The first-order chi connectivity index (χ1) is 33.0. The van der Waals surface area contributed by atoms with E-state index in [4.69, 9.17) is 18.5 Å². The van der Waals surface area contributed by atoms with Crippen molar-refractivity contribution in [1.29, 1.82) is 0 Å². The molecule has 6 unspecified atom stereocenters. The molecule has 0 aliphatic heterocycles. The van der Waals surface area contributed by atoms with Gasteiger partial charge in [0, 0.05) is 13.0 Å². The predicted molar refractivity (Wildman–Crippen MR) is 276 cm³/mol. The summed E-state index contributed by atoms with van der Waals surface area (Å²) in [5.41, 5.74) is 0. The number of esters is 1. The molecule has 6 N–H and O–H groups in total. The number of hydrogen-bond donors (Lipinski definition) is 6. The fourth-order valence-electron chi connectivity index (χ4n) is 7.08. The van der Waals surface area contributed by atoms with Gasteiger partial charge in [0.05, 0.1) is 13.2 Å². The molecular weight excluding hydrogens is 884 g/mol. The molecule has 0 spiro atoms. The van der Waals surface area contributed by atoms with E-state index < -0.39 is 63.1 Å². The van der Waals surface area contributed by atoms with Crippen LogP contribution in [0.5, 0.6) is 0 Å². The first kappa shape index (κ1) is 63.0. The van der Waals surface area contributed by atoms with E-state index in [0.29, 0.717) is 19.4 Å². The number of phosphoric acid groups is 1. The summed E-state index contributed by atoms with van der Waals surface area (Å²) in [4.78, 5) is 23.2. The minimum Gasteiger partial charge on any atom is -0.457 e. The number of carbonyl (C=O) groups excluding carboxylic acids is 1. The van der Waals surface area contributed by atoms with Crippen molar-refractivity contribution in [2.45, 2.75) is 211 Å². The van der Waals surface area contributed by atoms with E-state index in [1.165, 1.54) is 38.5 Å². The van der Waals surface area contributed by atoms with Gasteiger partial charge in [0.1, 0.15) is 42.7 Å². The van der Waals surface area contributed by atoms with Crippen LogP contribution in [0.2, 0.25) is 0 Å². The Morgan fingerprint density at radius 3 is 1.32 bits per heavy atom. The lowest BCUT2D eigenvalue weighted by molar-refractivity contribution is -0.220. The number of unbranched alkanes of at least 4 members (excludes halogenated alkanes) is 12. The quantitative estimate of drug-likeness (QED) is 0.0147. The largest absolute Gasteiger partial charge is 0.472 e. The first-order valence-electron chi connectivity index (χ1n) is 25.7. The van der Waals surface area contributed by atoms with Crippen molar-refractivity contribution in [3.8, 4) is 0 Å². The highest BCUT2D eigenvalue weighted by Crippen LogP contribution is 2.47. The molecule has 0 heterocycles. The van der Waals surface area contributed by atoms with Gasteiger partial charge in [0.2, 0.25) is 0 Å². The molecule has 1 fully saturated rings. The Kier molecular flexibility index (Phi) is 40.8. The van der Waals surface area contributed by atoms with Crippen molar-refractivity contribution in [2.75, 3.05) is 19.8 Å². The summed E-state index contributed by atoms with van der Waals surface area (Å²) in [7, 11) is -5.05. The Morgan fingerprint density at radius 1 is 0.485 bits per heavy atom. The van der Waals surface area contributed by atoms with Crippen LogP contribution in [0.15, 0.2) is 109 Å². The molecule has 0 amide bonds. The third-order valence-corrected chi connectivity index (χ3v) is 12.1. The van der Waals surface area contributed by atoms with Crippen molar-refractivity contribution in [1.82, 2.24) is 0 Å². The lowest BCUT2D eigenvalue weighted by atomic mass is 9.85. The zero-order valence-corrected chi connectivity index (χ0v) is 42.5. The van der Waals surface area contributed by atoms with Crippen molar-refractivity contribution in [3.63, 3.8) is 0 Å². The summed E-state index contributed by atoms with van der Waals surface area (Å²) in [5, 5.41) is 50.3. The van der Waals surface area contributed by atoms with Gasteiger partial charge in [-0.3, -0.25) is 13.8 Å². The van der Waals surface area contributed by atoms with Gasteiger partial charge >= 0.3 is 13.8 Å². The van der Waals surface area contributed by atoms with Gasteiger partial charge < -0.3 is 39.9 Å². The summed E-state index contributed by atoms with van der Waals surface area (Å²) in [6.45, 7) is 3.97. The smallest absolute Gasteiger partial charge is 0.457 e. The Labute approximate surface area is 410 Å². The number of rotatable bonds is 42. The molecule has 0 aromatic rings. The van der Waals surface area contributed by atoms with E-state index >= 15 is 0 Å². The Bertz CT molecular complexity index is 1530. The summed E-state index contributed by atoms with van der Waals surface area (Å²) in [6.07, 6.45) is 50.2. The standard InChI is InChI=1S/C55H91O12P/c1-3-5-7-9-11-13-15-17-19-21-23-25-26-28-30-32-34-36-38-40-42-44-49(56)66-48(47-65-68(62,63)67-55-53(60)51(58)50(57)52(59)54(55)61)46-64-45-43-41-39-37-35-33-31-29-27-24-22-20-18-16-14-12-10-8-6-4-2/h6,8,12,14-15,17-18,20-21,23-24,26-28,31,33,37,39,48,50-55,57-61H,3-5,7,9-11,13,16,19,22,25,29-30,32,34-36,38,40-47H2,1-2H3,(H,62,63)/b8-6-,14-12-,17-15-,20-18-,23-21-,27-24-,28-26-,33-31-,39-37-. The van der Waals surface area contributed by atoms with Gasteiger partial charge in [0.25, 0.3) is 0 Å². The second-order valence-corrected chi connectivity index (χ2v) is 18.7. The Hall–Kier alpha value is -3.00. The molecule has 388 valence electrons. The molecule has 6 atom stereocenters. The zero-order chi connectivity index (χ0) is 49.8. The summed E-state index contributed by atoms with van der Waals surface area (Å²) in [6, 6.07) is 0. The summed E-state index contributed by atoms with van der Waals surface area (Å²) >= 11 is 0. The van der Waals surface area contributed by atoms with Gasteiger partial charge in [-0.25, -0.2) is 4.57 Å². The maximum absolute atomic E-state index is 12.9. The molecule has 68 heavy (non-hydrogen) atoms. The highest BCUT2D eigenvalue weighted by Gasteiger charge is 2.51. The van der Waals surface area contributed by atoms with E-state index in [-0.39, 0.29) is 13.0 Å². The fourth-order valence-corrected chi connectivity index (χ4v) is 8.06. The van der Waals surface area contributed by atoms with E-state index in [0.717, 1.165) is 96.3 Å². The maximum Gasteiger partial charge on any atom is 0.472 e. The number of aliphatic hydroxyl groups is 5. The number of ether oxygens (including phenoxy) is 2. The molecule has 0 bridgehead atoms. The van der Waals surface area contributed by atoms with Gasteiger partial charge in [-0.15, -0.1) is 0 Å². The molecule has 1 aliphatic rings. The van der Waals surface area contributed by atoms with Crippen molar-refractivity contribution >= 4 is 13.8 Å². The molecule has 1 rings (SSSR count). The van der Waals surface area contributed by atoms with Crippen LogP contribution in [0.1, 0.15) is 168 Å². The van der Waals surface area contributed by atoms with Crippen LogP contribution in [-0.2, 0) is 27.9 Å².